The summed E-state index contributed by atoms with van der Waals surface area (Å²) in [6.07, 6.45) is 1.73. The van der Waals surface area contributed by atoms with Gasteiger partial charge in [-0.05, 0) is 44.0 Å². The lowest BCUT2D eigenvalue weighted by Gasteiger charge is -2.18. The Kier molecular flexibility index (Phi) is 5.85. The van der Waals surface area contributed by atoms with Gasteiger partial charge in [-0.25, -0.2) is 4.79 Å². The number of amides is 3. The van der Waals surface area contributed by atoms with E-state index < -0.39 is 0 Å². The lowest BCUT2D eigenvalue weighted by molar-refractivity contribution is -0.119. The summed E-state index contributed by atoms with van der Waals surface area (Å²) in [6, 6.07) is 5.74. The van der Waals surface area contributed by atoms with E-state index in [9.17, 15) is 9.59 Å². The number of fused-ring (bicyclic) bond motifs is 1. The van der Waals surface area contributed by atoms with Crippen molar-refractivity contribution in [2.75, 3.05) is 36.4 Å². The number of nitrogens with one attached hydrogen (secondary N) is 3. The minimum absolute atomic E-state index is 0. The van der Waals surface area contributed by atoms with E-state index in [1.54, 1.807) is 4.90 Å². The Labute approximate surface area is 142 Å². The molecule has 1 atom stereocenters. The van der Waals surface area contributed by atoms with Crippen LogP contribution in [0.1, 0.15) is 18.9 Å². The van der Waals surface area contributed by atoms with Gasteiger partial charge in [0.1, 0.15) is 0 Å². The third-order valence-electron chi connectivity index (χ3n) is 4.25. The van der Waals surface area contributed by atoms with Crippen LogP contribution in [0.25, 0.3) is 0 Å². The summed E-state index contributed by atoms with van der Waals surface area (Å²) >= 11 is 0. The number of carbonyl (C=O) groups is 2. The maximum absolute atomic E-state index is 12.2. The summed E-state index contributed by atoms with van der Waals surface area (Å²) < 4.78 is 0. The second-order valence-electron chi connectivity index (χ2n) is 5.76. The normalized spacial score (nSPS) is 19.0. The Hall–Kier alpha value is -1.79. The molecular weight excluding hydrogens is 316 g/mol. The fourth-order valence-electron chi connectivity index (χ4n) is 3.04. The molecule has 3 N–H and O–H groups in total. The standard InChI is InChI=1S/C16H22N4O2.ClH/c1-2-18-16(22)20-8-6-11-3-4-13(9-14(11)20)19-15(21)12-5-7-17-10-12;/h3-4,9,12,17H,2,5-8,10H2,1H3,(H,18,22)(H,19,21);1H. The molecule has 7 heteroatoms. The molecule has 1 fully saturated rings. The largest absolute Gasteiger partial charge is 0.338 e. The molecule has 0 bridgehead atoms. The lowest BCUT2D eigenvalue weighted by atomic mass is 10.1. The van der Waals surface area contributed by atoms with Gasteiger partial charge in [-0.3, -0.25) is 9.69 Å². The van der Waals surface area contributed by atoms with E-state index in [-0.39, 0.29) is 30.3 Å². The number of anilines is 2. The van der Waals surface area contributed by atoms with Gasteiger partial charge in [0.15, 0.2) is 0 Å². The molecule has 3 amide bonds. The quantitative estimate of drug-likeness (QED) is 0.786. The van der Waals surface area contributed by atoms with Crippen LogP contribution in [-0.4, -0.2) is 38.1 Å². The van der Waals surface area contributed by atoms with E-state index in [0.29, 0.717) is 13.1 Å². The predicted molar refractivity (Wildman–Crippen MR) is 93.4 cm³/mol. The number of hydrogen-bond acceptors (Lipinski definition) is 3. The highest BCUT2D eigenvalue weighted by Crippen LogP contribution is 2.31. The van der Waals surface area contributed by atoms with Crippen molar-refractivity contribution in [2.24, 2.45) is 5.92 Å². The number of benzene rings is 1. The van der Waals surface area contributed by atoms with E-state index in [1.807, 2.05) is 25.1 Å². The highest BCUT2D eigenvalue weighted by Gasteiger charge is 2.26. The maximum Gasteiger partial charge on any atom is 0.321 e. The van der Waals surface area contributed by atoms with Crippen molar-refractivity contribution in [2.45, 2.75) is 19.8 Å². The van der Waals surface area contributed by atoms with Crippen LogP contribution in [0.2, 0.25) is 0 Å². The Morgan fingerprint density at radius 2 is 2.22 bits per heavy atom. The van der Waals surface area contributed by atoms with Crippen LogP contribution in [0.5, 0.6) is 0 Å². The molecule has 0 radical (unpaired) electrons. The Morgan fingerprint density at radius 3 is 2.91 bits per heavy atom. The van der Waals surface area contributed by atoms with Crippen LogP contribution in [0, 0.1) is 5.92 Å². The van der Waals surface area contributed by atoms with Crippen LogP contribution < -0.4 is 20.9 Å². The predicted octanol–water partition coefficient (Wildman–Crippen LogP) is 1.75. The molecule has 23 heavy (non-hydrogen) atoms. The molecular formula is C16H23ClN4O2. The van der Waals surface area contributed by atoms with Crippen LogP contribution >= 0.6 is 12.4 Å². The van der Waals surface area contributed by atoms with Gasteiger partial charge in [0.2, 0.25) is 5.91 Å². The molecule has 0 spiro atoms. The monoisotopic (exact) mass is 338 g/mol. The third-order valence-corrected chi connectivity index (χ3v) is 4.25. The first-order chi connectivity index (χ1) is 10.7. The van der Waals surface area contributed by atoms with Crippen molar-refractivity contribution in [3.63, 3.8) is 0 Å². The minimum atomic E-state index is -0.0790. The van der Waals surface area contributed by atoms with Crippen molar-refractivity contribution >= 4 is 35.7 Å². The summed E-state index contributed by atoms with van der Waals surface area (Å²) in [4.78, 5) is 26.0. The molecule has 0 aliphatic carbocycles. The first kappa shape index (κ1) is 17.6. The highest BCUT2D eigenvalue weighted by molar-refractivity contribution is 5.97. The van der Waals surface area contributed by atoms with Crippen molar-refractivity contribution in [3.05, 3.63) is 23.8 Å². The lowest BCUT2D eigenvalue weighted by Crippen LogP contribution is -2.38. The fraction of sp³-hybridized carbons (Fsp3) is 0.500. The van der Waals surface area contributed by atoms with Gasteiger partial charge in [-0.15, -0.1) is 12.4 Å². The molecule has 2 aliphatic heterocycles. The van der Waals surface area contributed by atoms with Gasteiger partial charge in [0.05, 0.1) is 11.6 Å². The first-order valence-electron chi connectivity index (χ1n) is 7.89. The van der Waals surface area contributed by atoms with Gasteiger partial charge in [-0.2, -0.15) is 0 Å². The number of urea groups is 1. The number of nitrogens with zero attached hydrogens (tertiary/aromatic N) is 1. The van der Waals surface area contributed by atoms with Crippen LogP contribution in [0.15, 0.2) is 18.2 Å². The van der Waals surface area contributed by atoms with Gasteiger partial charge < -0.3 is 16.0 Å². The average Bonchev–Trinajstić information content (AvgIpc) is 3.17. The molecule has 6 nitrogen and oxygen atoms in total. The number of carbonyl (C=O) groups excluding carboxylic acids is 2. The van der Waals surface area contributed by atoms with Crippen molar-refractivity contribution < 1.29 is 9.59 Å². The van der Waals surface area contributed by atoms with Crippen LogP contribution in [0.4, 0.5) is 16.2 Å². The van der Waals surface area contributed by atoms with Gasteiger partial charge >= 0.3 is 6.03 Å². The first-order valence-corrected chi connectivity index (χ1v) is 7.89. The van der Waals surface area contributed by atoms with Crippen molar-refractivity contribution in [3.8, 4) is 0 Å². The summed E-state index contributed by atoms with van der Waals surface area (Å²) in [5.41, 5.74) is 2.80. The van der Waals surface area contributed by atoms with E-state index in [4.69, 9.17) is 0 Å². The van der Waals surface area contributed by atoms with E-state index in [0.717, 1.165) is 42.9 Å². The smallest absolute Gasteiger partial charge is 0.321 e. The Morgan fingerprint density at radius 1 is 1.39 bits per heavy atom. The Balaban J connectivity index is 0.00000192. The molecule has 0 saturated carbocycles. The third kappa shape index (κ3) is 3.76. The molecule has 1 unspecified atom stereocenters. The zero-order valence-corrected chi connectivity index (χ0v) is 14.0. The van der Waals surface area contributed by atoms with E-state index in [2.05, 4.69) is 16.0 Å². The van der Waals surface area contributed by atoms with E-state index >= 15 is 0 Å². The second kappa shape index (κ2) is 7.66. The fourth-order valence-corrected chi connectivity index (χ4v) is 3.04. The summed E-state index contributed by atoms with van der Waals surface area (Å²) in [5, 5.41) is 8.99. The molecule has 3 rings (SSSR count). The highest BCUT2D eigenvalue weighted by atomic mass is 35.5. The topological polar surface area (TPSA) is 73.5 Å². The van der Waals surface area contributed by atoms with Crippen molar-refractivity contribution in [1.82, 2.24) is 10.6 Å². The molecule has 2 aliphatic rings. The number of halogens is 1. The SMILES string of the molecule is CCNC(=O)N1CCc2ccc(NC(=O)C3CCNC3)cc21.Cl. The Bertz CT molecular complexity index is 587. The summed E-state index contributed by atoms with van der Waals surface area (Å²) in [7, 11) is 0. The number of rotatable bonds is 3. The van der Waals surface area contributed by atoms with Crippen LogP contribution in [-0.2, 0) is 11.2 Å². The zero-order valence-electron chi connectivity index (χ0n) is 13.2. The molecule has 126 valence electrons. The molecule has 2 heterocycles. The second-order valence-corrected chi connectivity index (χ2v) is 5.76. The summed E-state index contributed by atoms with van der Waals surface area (Å²) in [6.45, 7) is 4.83. The number of hydrogen-bond donors (Lipinski definition) is 3. The molecule has 1 aromatic carbocycles. The van der Waals surface area contributed by atoms with Crippen LogP contribution in [0.3, 0.4) is 0 Å². The minimum Gasteiger partial charge on any atom is -0.338 e. The molecule has 1 aromatic rings. The molecule has 0 aromatic heterocycles. The average molecular weight is 339 g/mol. The maximum atomic E-state index is 12.2. The van der Waals surface area contributed by atoms with Gasteiger partial charge in [-0.1, -0.05) is 6.07 Å². The van der Waals surface area contributed by atoms with Crippen molar-refractivity contribution in [1.29, 1.82) is 0 Å². The van der Waals surface area contributed by atoms with E-state index in [1.165, 1.54) is 0 Å². The zero-order chi connectivity index (χ0) is 15.5. The van der Waals surface area contributed by atoms with Gasteiger partial charge in [0, 0.05) is 25.3 Å². The summed E-state index contributed by atoms with van der Waals surface area (Å²) in [5.74, 6) is 0.0836. The van der Waals surface area contributed by atoms with Gasteiger partial charge in [0.25, 0.3) is 0 Å². The molecule has 1 saturated heterocycles.